The van der Waals surface area contributed by atoms with E-state index < -0.39 is 4.92 Å². The largest absolute Gasteiger partial charge is 0.493 e. The molecule has 0 aliphatic carbocycles. The topological polar surface area (TPSA) is 87.9 Å². The van der Waals surface area contributed by atoms with Gasteiger partial charge in [0.1, 0.15) is 12.4 Å². The molecule has 0 aromatic heterocycles. The standard InChI is InChI=1S/C18H15NO6/c1-23-16-8-11(14(19(21)22)9-17(16)24-2)7-12-10-25-15-6-4-3-5-13(15)18(12)20/h3-9H,10H2,1-2H3/b12-7+. The fraction of sp³-hybridized carbons (Fsp3) is 0.167. The van der Waals surface area contributed by atoms with Gasteiger partial charge in [0, 0.05) is 5.57 Å². The van der Waals surface area contributed by atoms with Gasteiger partial charge in [-0.1, -0.05) is 12.1 Å². The maximum Gasteiger partial charge on any atom is 0.280 e. The van der Waals surface area contributed by atoms with Crippen molar-refractivity contribution in [3.05, 3.63) is 63.2 Å². The molecule has 0 bridgehead atoms. The van der Waals surface area contributed by atoms with Gasteiger partial charge in [-0.05, 0) is 24.3 Å². The maximum atomic E-state index is 12.6. The number of fused-ring (bicyclic) bond motifs is 1. The Labute approximate surface area is 143 Å². The molecular formula is C18H15NO6. The molecule has 7 nitrogen and oxygen atoms in total. The highest BCUT2D eigenvalue weighted by Crippen LogP contribution is 2.36. The summed E-state index contributed by atoms with van der Waals surface area (Å²) in [7, 11) is 2.83. The zero-order valence-corrected chi connectivity index (χ0v) is 13.6. The molecule has 1 aliphatic rings. The van der Waals surface area contributed by atoms with Crippen molar-refractivity contribution in [1.29, 1.82) is 0 Å². The van der Waals surface area contributed by atoms with E-state index in [4.69, 9.17) is 14.2 Å². The predicted molar refractivity (Wildman–Crippen MR) is 90.4 cm³/mol. The summed E-state index contributed by atoms with van der Waals surface area (Å²) in [6, 6.07) is 9.63. The first-order chi connectivity index (χ1) is 12.0. The van der Waals surface area contributed by atoms with E-state index in [0.717, 1.165) is 0 Å². The Morgan fingerprint density at radius 1 is 1.16 bits per heavy atom. The van der Waals surface area contributed by atoms with E-state index in [0.29, 0.717) is 22.6 Å². The molecule has 0 atom stereocenters. The number of methoxy groups -OCH3 is 2. The Morgan fingerprint density at radius 2 is 1.84 bits per heavy atom. The number of carbonyl (C=O) groups excluding carboxylic acids is 1. The fourth-order valence-corrected chi connectivity index (χ4v) is 2.63. The third kappa shape index (κ3) is 3.03. The molecular weight excluding hydrogens is 326 g/mol. The van der Waals surface area contributed by atoms with Crippen LogP contribution in [0.5, 0.6) is 17.2 Å². The van der Waals surface area contributed by atoms with Crippen molar-refractivity contribution in [2.75, 3.05) is 20.8 Å². The minimum atomic E-state index is -0.531. The number of para-hydroxylation sites is 1. The molecule has 0 amide bonds. The summed E-state index contributed by atoms with van der Waals surface area (Å²) in [6.07, 6.45) is 1.46. The van der Waals surface area contributed by atoms with Crippen LogP contribution in [0.1, 0.15) is 15.9 Å². The van der Waals surface area contributed by atoms with E-state index in [1.165, 1.54) is 32.4 Å². The molecule has 3 rings (SSSR count). The molecule has 0 saturated heterocycles. The number of nitro benzene ring substituents is 1. The average Bonchev–Trinajstić information content (AvgIpc) is 2.63. The molecule has 0 spiro atoms. The van der Waals surface area contributed by atoms with Gasteiger partial charge >= 0.3 is 0 Å². The summed E-state index contributed by atoms with van der Waals surface area (Å²) in [4.78, 5) is 23.4. The highest BCUT2D eigenvalue weighted by molar-refractivity contribution is 6.14. The van der Waals surface area contributed by atoms with Crippen LogP contribution in [0, 0.1) is 10.1 Å². The Kier molecular flexibility index (Phi) is 4.38. The summed E-state index contributed by atoms with van der Waals surface area (Å²) < 4.78 is 15.9. The number of benzene rings is 2. The summed E-state index contributed by atoms with van der Waals surface area (Å²) in [5.41, 5.74) is 0.822. The predicted octanol–water partition coefficient (Wildman–Crippen LogP) is 3.27. The lowest BCUT2D eigenvalue weighted by Crippen LogP contribution is -2.18. The highest BCUT2D eigenvalue weighted by Gasteiger charge is 2.25. The van der Waals surface area contributed by atoms with Crippen molar-refractivity contribution in [2.45, 2.75) is 0 Å². The minimum absolute atomic E-state index is 0.0430. The van der Waals surface area contributed by atoms with E-state index in [-0.39, 0.29) is 29.4 Å². The lowest BCUT2D eigenvalue weighted by Gasteiger charge is -2.18. The van der Waals surface area contributed by atoms with Gasteiger partial charge in [0.15, 0.2) is 17.3 Å². The highest BCUT2D eigenvalue weighted by atomic mass is 16.6. The fourth-order valence-electron chi connectivity index (χ4n) is 2.63. The van der Waals surface area contributed by atoms with Crippen molar-refractivity contribution in [2.24, 2.45) is 0 Å². The lowest BCUT2D eigenvalue weighted by atomic mass is 9.98. The van der Waals surface area contributed by atoms with Crippen LogP contribution < -0.4 is 14.2 Å². The van der Waals surface area contributed by atoms with E-state index >= 15 is 0 Å². The molecule has 0 saturated carbocycles. The first-order valence-electron chi connectivity index (χ1n) is 7.42. The third-order valence-corrected chi connectivity index (χ3v) is 3.87. The van der Waals surface area contributed by atoms with Crippen LogP contribution in [0.15, 0.2) is 42.0 Å². The number of ether oxygens (including phenoxy) is 3. The average molecular weight is 341 g/mol. The number of hydrogen-bond donors (Lipinski definition) is 0. The smallest absolute Gasteiger partial charge is 0.280 e. The number of nitro groups is 1. The summed E-state index contributed by atoms with van der Waals surface area (Å²) in [6.45, 7) is 0.0430. The van der Waals surface area contributed by atoms with Gasteiger partial charge in [0.25, 0.3) is 5.69 Å². The summed E-state index contributed by atoms with van der Waals surface area (Å²) in [5, 5.41) is 11.4. The summed E-state index contributed by atoms with van der Waals surface area (Å²) >= 11 is 0. The first-order valence-corrected chi connectivity index (χ1v) is 7.42. The Hall–Kier alpha value is -3.35. The molecule has 128 valence electrons. The third-order valence-electron chi connectivity index (χ3n) is 3.87. The Bertz CT molecular complexity index is 887. The van der Waals surface area contributed by atoms with Gasteiger partial charge in [-0.3, -0.25) is 14.9 Å². The van der Waals surface area contributed by atoms with Crippen LogP contribution in [0.3, 0.4) is 0 Å². The van der Waals surface area contributed by atoms with Crippen LogP contribution in [0.25, 0.3) is 6.08 Å². The molecule has 2 aromatic carbocycles. The van der Waals surface area contributed by atoms with E-state index in [9.17, 15) is 14.9 Å². The van der Waals surface area contributed by atoms with Crippen molar-refractivity contribution in [1.82, 2.24) is 0 Å². The molecule has 0 N–H and O–H groups in total. The zero-order valence-electron chi connectivity index (χ0n) is 13.6. The monoisotopic (exact) mass is 341 g/mol. The van der Waals surface area contributed by atoms with E-state index in [1.54, 1.807) is 24.3 Å². The van der Waals surface area contributed by atoms with Gasteiger partial charge in [-0.15, -0.1) is 0 Å². The van der Waals surface area contributed by atoms with Crippen molar-refractivity contribution >= 4 is 17.5 Å². The molecule has 1 aliphatic heterocycles. The molecule has 1 heterocycles. The van der Waals surface area contributed by atoms with E-state index in [1.807, 2.05) is 0 Å². The number of carbonyl (C=O) groups is 1. The van der Waals surface area contributed by atoms with Crippen LogP contribution in [-0.4, -0.2) is 31.5 Å². The Morgan fingerprint density at radius 3 is 2.52 bits per heavy atom. The second kappa shape index (κ2) is 6.64. The van der Waals surface area contributed by atoms with Crippen LogP contribution >= 0.6 is 0 Å². The molecule has 0 fully saturated rings. The van der Waals surface area contributed by atoms with Crippen LogP contribution in [0.4, 0.5) is 5.69 Å². The van der Waals surface area contributed by atoms with Crippen molar-refractivity contribution < 1.29 is 23.9 Å². The number of Topliss-reactive ketones (excluding diaryl/α,β-unsaturated/α-hetero) is 1. The zero-order chi connectivity index (χ0) is 18.0. The van der Waals surface area contributed by atoms with Crippen LogP contribution in [0.2, 0.25) is 0 Å². The second-order valence-electron chi connectivity index (χ2n) is 5.31. The van der Waals surface area contributed by atoms with Gasteiger partial charge in [0.2, 0.25) is 0 Å². The number of nitrogens with zero attached hydrogens (tertiary/aromatic N) is 1. The molecule has 25 heavy (non-hydrogen) atoms. The Balaban J connectivity index is 2.09. The quantitative estimate of drug-likeness (QED) is 0.482. The molecule has 0 radical (unpaired) electrons. The van der Waals surface area contributed by atoms with Crippen molar-refractivity contribution in [3.63, 3.8) is 0 Å². The molecule has 7 heteroatoms. The number of rotatable bonds is 4. The van der Waals surface area contributed by atoms with Gasteiger partial charge in [0.05, 0.1) is 36.3 Å². The van der Waals surface area contributed by atoms with E-state index in [2.05, 4.69) is 0 Å². The lowest BCUT2D eigenvalue weighted by molar-refractivity contribution is -0.385. The van der Waals surface area contributed by atoms with Crippen LogP contribution in [-0.2, 0) is 0 Å². The normalized spacial score (nSPS) is 14.6. The SMILES string of the molecule is COc1cc(/C=C2\COc3ccccc3C2=O)c([N+](=O)[O-])cc1OC. The molecule has 0 unspecified atom stereocenters. The molecule has 2 aromatic rings. The first kappa shape index (κ1) is 16.5. The van der Waals surface area contributed by atoms with Crippen molar-refractivity contribution in [3.8, 4) is 17.2 Å². The second-order valence-corrected chi connectivity index (χ2v) is 5.31. The van der Waals surface area contributed by atoms with Gasteiger partial charge in [-0.2, -0.15) is 0 Å². The number of hydrogen-bond acceptors (Lipinski definition) is 6. The summed E-state index contributed by atoms with van der Waals surface area (Å²) in [5.74, 6) is 0.870. The number of ketones is 1. The minimum Gasteiger partial charge on any atom is -0.493 e. The maximum absolute atomic E-state index is 12.6. The van der Waals surface area contributed by atoms with Gasteiger partial charge in [-0.25, -0.2) is 0 Å². The van der Waals surface area contributed by atoms with Gasteiger partial charge < -0.3 is 14.2 Å².